The first-order chi connectivity index (χ1) is 9.75. The fourth-order valence-electron chi connectivity index (χ4n) is 2.69. The van der Waals surface area contributed by atoms with E-state index in [1.54, 1.807) is 17.4 Å². The van der Waals surface area contributed by atoms with E-state index >= 15 is 0 Å². The van der Waals surface area contributed by atoms with Gasteiger partial charge in [0.2, 0.25) is 0 Å². The van der Waals surface area contributed by atoms with Crippen molar-refractivity contribution in [2.45, 2.75) is 0 Å². The molecule has 4 rings (SSSR count). The summed E-state index contributed by atoms with van der Waals surface area (Å²) in [4.78, 5) is 12.7. The van der Waals surface area contributed by atoms with Crippen LogP contribution in [0.2, 0.25) is 0 Å². The van der Waals surface area contributed by atoms with Gasteiger partial charge in [-0.15, -0.1) is 11.3 Å². The van der Waals surface area contributed by atoms with Crippen molar-refractivity contribution in [3.05, 3.63) is 70.0 Å². The molecule has 4 aromatic rings. The third-order valence-electron chi connectivity index (χ3n) is 3.60. The molecule has 0 N–H and O–H groups in total. The van der Waals surface area contributed by atoms with Crippen LogP contribution in [0.3, 0.4) is 0 Å². The maximum absolute atomic E-state index is 13.6. The van der Waals surface area contributed by atoms with Crippen molar-refractivity contribution < 1.29 is 4.39 Å². The van der Waals surface area contributed by atoms with E-state index in [1.807, 2.05) is 35.7 Å². The van der Waals surface area contributed by atoms with Crippen LogP contribution in [0.15, 0.2) is 58.7 Å². The number of fused-ring (bicyclic) bond motifs is 5. The Labute approximate surface area is 117 Å². The summed E-state index contributed by atoms with van der Waals surface area (Å²) in [6.45, 7) is 0. The van der Waals surface area contributed by atoms with Crippen molar-refractivity contribution in [2.75, 3.05) is 0 Å². The first kappa shape index (κ1) is 11.6. The third kappa shape index (κ3) is 1.50. The van der Waals surface area contributed by atoms with Crippen LogP contribution in [-0.4, -0.2) is 0 Å². The highest BCUT2D eigenvalue weighted by Crippen LogP contribution is 2.32. The number of hydrogen-bond donors (Lipinski definition) is 0. The molecule has 0 saturated carbocycles. The molecule has 0 aliphatic carbocycles. The molecule has 1 heterocycles. The van der Waals surface area contributed by atoms with E-state index in [-0.39, 0.29) is 11.2 Å². The van der Waals surface area contributed by atoms with Gasteiger partial charge in [-0.1, -0.05) is 24.3 Å². The SMILES string of the molecule is O=c1c2ccc(F)cc2c2ccsc2c2ccccc12. The zero-order valence-corrected chi connectivity index (χ0v) is 11.2. The van der Waals surface area contributed by atoms with E-state index in [0.29, 0.717) is 16.2 Å². The van der Waals surface area contributed by atoms with Gasteiger partial charge >= 0.3 is 0 Å². The molecule has 1 nitrogen and oxygen atoms in total. The van der Waals surface area contributed by atoms with Crippen LogP contribution in [-0.2, 0) is 0 Å². The van der Waals surface area contributed by atoms with Gasteiger partial charge in [-0.2, -0.15) is 0 Å². The highest BCUT2D eigenvalue weighted by atomic mass is 32.1. The Morgan fingerprint density at radius 2 is 1.50 bits per heavy atom. The Morgan fingerprint density at radius 3 is 2.35 bits per heavy atom. The summed E-state index contributed by atoms with van der Waals surface area (Å²) >= 11 is 1.58. The predicted octanol–water partition coefficient (Wildman–Crippen LogP) is 4.71. The Kier molecular flexibility index (Phi) is 2.38. The molecule has 0 atom stereocenters. The van der Waals surface area contributed by atoms with Crippen molar-refractivity contribution >= 4 is 43.0 Å². The van der Waals surface area contributed by atoms with E-state index in [1.165, 1.54) is 12.1 Å². The van der Waals surface area contributed by atoms with E-state index < -0.39 is 0 Å². The average Bonchev–Trinajstić information content (AvgIpc) is 2.92. The van der Waals surface area contributed by atoms with Gasteiger partial charge in [-0.05, 0) is 35.0 Å². The molecule has 0 bridgehead atoms. The summed E-state index contributed by atoms with van der Waals surface area (Å²) in [6, 6.07) is 13.9. The molecule has 0 amide bonds. The molecule has 0 aliphatic heterocycles. The molecule has 0 saturated heterocycles. The highest BCUT2D eigenvalue weighted by molar-refractivity contribution is 7.18. The predicted molar refractivity (Wildman–Crippen MR) is 83.1 cm³/mol. The van der Waals surface area contributed by atoms with Gasteiger partial charge in [0.15, 0.2) is 5.43 Å². The second kappa shape index (κ2) is 4.12. The minimum atomic E-state index is -0.320. The Morgan fingerprint density at radius 1 is 0.800 bits per heavy atom. The van der Waals surface area contributed by atoms with Crippen LogP contribution in [0, 0.1) is 5.82 Å². The van der Waals surface area contributed by atoms with Gasteiger partial charge in [0.25, 0.3) is 0 Å². The molecule has 0 unspecified atom stereocenters. The van der Waals surface area contributed by atoms with Crippen LogP contribution < -0.4 is 5.43 Å². The molecule has 0 spiro atoms. The molecule has 20 heavy (non-hydrogen) atoms. The van der Waals surface area contributed by atoms with E-state index in [4.69, 9.17) is 0 Å². The smallest absolute Gasteiger partial charge is 0.194 e. The quantitative estimate of drug-likeness (QED) is 0.456. The van der Waals surface area contributed by atoms with Gasteiger partial charge in [0, 0.05) is 26.2 Å². The lowest BCUT2D eigenvalue weighted by Gasteiger charge is -1.93. The minimum absolute atomic E-state index is 0.0426. The summed E-state index contributed by atoms with van der Waals surface area (Å²) in [5.41, 5.74) is -0.0426. The van der Waals surface area contributed by atoms with Crippen LogP contribution >= 0.6 is 11.3 Å². The second-order valence-corrected chi connectivity index (χ2v) is 5.64. The van der Waals surface area contributed by atoms with Gasteiger partial charge in [0.1, 0.15) is 5.82 Å². The van der Waals surface area contributed by atoms with E-state index in [0.717, 1.165) is 15.5 Å². The maximum Gasteiger partial charge on any atom is 0.194 e. The first-order valence-corrected chi connectivity index (χ1v) is 7.15. The number of hydrogen-bond acceptors (Lipinski definition) is 2. The fraction of sp³-hybridized carbons (Fsp3) is 0. The maximum atomic E-state index is 13.6. The molecular weight excluding hydrogens is 271 g/mol. The molecule has 0 fully saturated rings. The number of rotatable bonds is 0. The summed E-state index contributed by atoms with van der Waals surface area (Å²) in [5, 5.41) is 5.77. The second-order valence-electron chi connectivity index (χ2n) is 4.73. The lowest BCUT2D eigenvalue weighted by molar-refractivity contribution is 0.630. The van der Waals surface area contributed by atoms with Crippen molar-refractivity contribution in [3.8, 4) is 0 Å². The van der Waals surface area contributed by atoms with Crippen molar-refractivity contribution in [3.63, 3.8) is 0 Å². The first-order valence-electron chi connectivity index (χ1n) is 6.27. The van der Waals surface area contributed by atoms with Crippen molar-refractivity contribution in [1.29, 1.82) is 0 Å². The summed E-state index contributed by atoms with van der Waals surface area (Å²) in [5.74, 6) is -0.320. The van der Waals surface area contributed by atoms with Crippen molar-refractivity contribution in [2.24, 2.45) is 0 Å². The van der Waals surface area contributed by atoms with Gasteiger partial charge in [-0.3, -0.25) is 4.79 Å². The molecule has 3 heteroatoms. The molecular formula is C17H9FOS. The number of benzene rings is 2. The lowest BCUT2D eigenvalue weighted by atomic mass is 10.1. The van der Waals surface area contributed by atoms with Crippen LogP contribution in [0.5, 0.6) is 0 Å². The Bertz CT molecular complexity index is 1030. The largest absolute Gasteiger partial charge is 0.289 e. The van der Waals surface area contributed by atoms with Gasteiger partial charge in [-0.25, -0.2) is 4.39 Å². The van der Waals surface area contributed by atoms with Crippen LogP contribution in [0.1, 0.15) is 0 Å². The van der Waals surface area contributed by atoms with Crippen molar-refractivity contribution in [1.82, 2.24) is 0 Å². The van der Waals surface area contributed by atoms with E-state index in [2.05, 4.69) is 0 Å². The lowest BCUT2D eigenvalue weighted by Crippen LogP contribution is -1.98. The summed E-state index contributed by atoms with van der Waals surface area (Å²) in [6.07, 6.45) is 0. The highest BCUT2D eigenvalue weighted by Gasteiger charge is 2.10. The van der Waals surface area contributed by atoms with Crippen LogP contribution in [0.25, 0.3) is 31.6 Å². The molecule has 0 radical (unpaired) electrons. The Hall–Kier alpha value is -2.26. The molecule has 1 aromatic heterocycles. The monoisotopic (exact) mass is 280 g/mol. The molecule has 0 aliphatic rings. The Balaban J connectivity index is 2.51. The standard InChI is InChI=1S/C17H9FOS/c18-10-5-6-12-15(9-10)14-7-8-20-17(14)13-4-2-1-3-11(13)16(12)19/h1-9H. The number of halogens is 1. The van der Waals surface area contributed by atoms with Crippen LogP contribution in [0.4, 0.5) is 4.39 Å². The normalized spacial score (nSPS) is 11.4. The average molecular weight is 280 g/mol. The summed E-state index contributed by atoms with van der Waals surface area (Å²) in [7, 11) is 0. The number of thiophene rings is 1. The molecule has 3 aromatic carbocycles. The third-order valence-corrected chi connectivity index (χ3v) is 4.55. The molecule has 96 valence electrons. The zero-order valence-electron chi connectivity index (χ0n) is 10.4. The van der Waals surface area contributed by atoms with Gasteiger partial charge < -0.3 is 0 Å². The van der Waals surface area contributed by atoms with Gasteiger partial charge in [0.05, 0.1) is 0 Å². The zero-order chi connectivity index (χ0) is 13.7. The summed E-state index contributed by atoms with van der Waals surface area (Å²) < 4.78 is 14.6. The minimum Gasteiger partial charge on any atom is -0.289 e. The van der Waals surface area contributed by atoms with E-state index in [9.17, 15) is 9.18 Å². The topological polar surface area (TPSA) is 17.1 Å². The fourth-order valence-corrected chi connectivity index (χ4v) is 3.64.